The molecule has 0 radical (unpaired) electrons. The number of nitrogens with two attached hydrogens (primary N) is 1. The average Bonchev–Trinajstić information content (AvgIpc) is 2.94. The first-order chi connectivity index (χ1) is 19.2. The lowest BCUT2D eigenvalue weighted by molar-refractivity contribution is -0.126. The van der Waals surface area contributed by atoms with Gasteiger partial charge in [0.25, 0.3) is 0 Å². The number of hydrogen-bond donors (Lipinski definition) is 1. The maximum atomic E-state index is 13.8. The number of rotatable bonds is 6. The van der Waals surface area contributed by atoms with Crippen LogP contribution in [-0.2, 0) is 11.2 Å². The van der Waals surface area contributed by atoms with Crippen molar-refractivity contribution in [2.24, 2.45) is 0 Å². The third-order valence-corrected chi connectivity index (χ3v) is 7.62. The van der Waals surface area contributed by atoms with Crippen molar-refractivity contribution in [2.45, 2.75) is 32.7 Å². The van der Waals surface area contributed by atoms with E-state index < -0.39 is 5.69 Å². The Hall–Kier alpha value is -3.95. The Balaban J connectivity index is 1.78. The highest BCUT2D eigenvalue weighted by atomic mass is 35.5. The molecule has 5 rings (SSSR count). The molecule has 0 aliphatic carbocycles. The summed E-state index contributed by atoms with van der Waals surface area (Å²) in [6.07, 6.45) is 2.98. The van der Waals surface area contributed by atoms with Gasteiger partial charge in [-0.15, -0.1) is 0 Å². The van der Waals surface area contributed by atoms with Crippen molar-refractivity contribution in [3.05, 3.63) is 81.2 Å². The molecule has 3 aromatic heterocycles. The van der Waals surface area contributed by atoms with Crippen molar-refractivity contribution in [2.75, 3.05) is 30.3 Å². The number of hydrogen-bond acceptors (Lipinski definition) is 7. The molecule has 4 aromatic rings. The van der Waals surface area contributed by atoms with Crippen LogP contribution >= 0.6 is 23.2 Å². The molecule has 1 aromatic carbocycles. The Morgan fingerprint density at radius 2 is 1.85 bits per heavy atom. The topological polar surface area (TPSA) is 110 Å². The molecule has 0 spiro atoms. The molecule has 40 heavy (non-hydrogen) atoms. The number of para-hydroxylation sites is 1. The Labute approximate surface area is 241 Å². The lowest BCUT2D eigenvalue weighted by Gasteiger charge is -2.40. The fraction of sp³-hybridized carbons (Fsp3) is 0.276. The summed E-state index contributed by atoms with van der Waals surface area (Å²) in [5.74, 6) is 0.586. The number of carbonyl (C=O) groups excluding carboxylic acids is 1. The predicted molar refractivity (Wildman–Crippen MR) is 160 cm³/mol. The standard InChI is InChI=1S/C29H29Cl2N7O2/c1-4-8-18-9-6-7-10-22(18)38-28-19(15-21(31)26(34-28)25-20(30)11-12-23(32)33-25)27(35-29(38)40)37-14-13-36(16-17(37)3)24(39)5-2/h5-7,9-12,15,17H,2,4,8,13-14,16H2,1,3H3,(H2,32,33)/t17-/m0/s1. The van der Waals surface area contributed by atoms with Crippen LogP contribution < -0.4 is 16.3 Å². The molecule has 1 amide bonds. The quantitative estimate of drug-likeness (QED) is 0.324. The van der Waals surface area contributed by atoms with Crippen LogP contribution in [0.4, 0.5) is 11.6 Å². The highest BCUT2D eigenvalue weighted by Gasteiger charge is 2.30. The van der Waals surface area contributed by atoms with Gasteiger partial charge in [0.2, 0.25) is 5.91 Å². The number of pyridine rings is 2. The summed E-state index contributed by atoms with van der Waals surface area (Å²) in [7, 11) is 0. The third kappa shape index (κ3) is 5.02. The minimum atomic E-state index is -0.477. The lowest BCUT2D eigenvalue weighted by Crippen LogP contribution is -2.54. The number of nitrogen functional groups attached to an aromatic ring is 1. The van der Waals surface area contributed by atoms with Gasteiger partial charge < -0.3 is 15.5 Å². The van der Waals surface area contributed by atoms with Gasteiger partial charge in [-0.25, -0.2) is 19.3 Å². The largest absolute Gasteiger partial charge is 0.384 e. The Morgan fingerprint density at radius 1 is 1.10 bits per heavy atom. The van der Waals surface area contributed by atoms with Crippen LogP contribution in [-0.4, -0.2) is 56.0 Å². The number of aryl methyl sites for hydroxylation is 1. The number of piperazine rings is 1. The van der Waals surface area contributed by atoms with E-state index in [0.717, 1.165) is 18.4 Å². The Bertz CT molecular complexity index is 1690. The minimum absolute atomic E-state index is 0.125. The first-order valence-electron chi connectivity index (χ1n) is 13.1. The molecule has 9 nitrogen and oxygen atoms in total. The summed E-state index contributed by atoms with van der Waals surface area (Å²) in [5.41, 5.74) is 8.16. The SMILES string of the molecule is C=CC(=O)N1CCN(c2nc(=O)n(-c3ccccc3CCC)c3nc(-c4nc(N)ccc4Cl)c(Cl)cc23)[C@@H](C)C1. The summed E-state index contributed by atoms with van der Waals surface area (Å²) in [6, 6.07) is 12.6. The molecule has 2 N–H and O–H groups in total. The summed E-state index contributed by atoms with van der Waals surface area (Å²) in [5, 5.41) is 1.21. The Kier molecular flexibility index (Phi) is 7.78. The van der Waals surface area contributed by atoms with Crippen LogP contribution in [0.25, 0.3) is 28.1 Å². The van der Waals surface area contributed by atoms with Crippen molar-refractivity contribution in [1.29, 1.82) is 0 Å². The highest BCUT2D eigenvalue weighted by Crippen LogP contribution is 2.36. The summed E-state index contributed by atoms with van der Waals surface area (Å²) >= 11 is 13.3. The van der Waals surface area contributed by atoms with Gasteiger partial charge in [0.15, 0.2) is 5.65 Å². The number of anilines is 2. The number of halogens is 2. The van der Waals surface area contributed by atoms with E-state index in [4.69, 9.17) is 33.9 Å². The van der Waals surface area contributed by atoms with E-state index in [0.29, 0.717) is 58.6 Å². The summed E-state index contributed by atoms with van der Waals surface area (Å²) in [6.45, 7) is 9.06. The molecular weight excluding hydrogens is 549 g/mol. The van der Waals surface area contributed by atoms with E-state index in [1.165, 1.54) is 10.6 Å². The van der Waals surface area contributed by atoms with Crippen molar-refractivity contribution in [3.63, 3.8) is 0 Å². The second-order valence-corrected chi connectivity index (χ2v) is 10.5. The van der Waals surface area contributed by atoms with E-state index in [1.807, 2.05) is 36.1 Å². The van der Waals surface area contributed by atoms with E-state index in [-0.39, 0.29) is 22.8 Å². The molecular formula is C29H29Cl2N7O2. The fourth-order valence-electron chi connectivity index (χ4n) is 5.14. The van der Waals surface area contributed by atoms with E-state index in [1.54, 1.807) is 23.1 Å². The average molecular weight is 579 g/mol. The normalized spacial score (nSPS) is 15.4. The third-order valence-electron chi connectivity index (χ3n) is 7.03. The number of aromatic nitrogens is 4. The van der Waals surface area contributed by atoms with Crippen LogP contribution in [0.15, 0.2) is 59.9 Å². The van der Waals surface area contributed by atoms with Gasteiger partial charge in [-0.05, 0) is 49.2 Å². The first kappa shape index (κ1) is 27.6. The van der Waals surface area contributed by atoms with Crippen LogP contribution in [0.3, 0.4) is 0 Å². The number of carbonyl (C=O) groups is 1. The molecule has 1 aliphatic rings. The van der Waals surface area contributed by atoms with E-state index in [9.17, 15) is 9.59 Å². The molecule has 1 aliphatic heterocycles. The molecule has 1 atom stereocenters. The van der Waals surface area contributed by atoms with E-state index >= 15 is 0 Å². The Morgan fingerprint density at radius 3 is 2.58 bits per heavy atom. The van der Waals surface area contributed by atoms with Gasteiger partial charge in [0, 0.05) is 25.7 Å². The number of nitrogens with zero attached hydrogens (tertiary/aromatic N) is 6. The van der Waals surface area contributed by atoms with Crippen molar-refractivity contribution >= 4 is 51.8 Å². The zero-order chi connectivity index (χ0) is 28.6. The zero-order valence-electron chi connectivity index (χ0n) is 22.3. The molecule has 4 heterocycles. The van der Waals surface area contributed by atoms with Gasteiger partial charge in [-0.3, -0.25) is 4.79 Å². The van der Waals surface area contributed by atoms with Gasteiger partial charge in [-0.1, -0.05) is 61.3 Å². The van der Waals surface area contributed by atoms with Crippen molar-refractivity contribution < 1.29 is 4.79 Å². The maximum absolute atomic E-state index is 13.8. The second-order valence-electron chi connectivity index (χ2n) is 9.72. The van der Waals surface area contributed by atoms with Crippen LogP contribution in [0.1, 0.15) is 25.8 Å². The molecule has 1 fully saturated rings. The van der Waals surface area contributed by atoms with Gasteiger partial charge in [-0.2, -0.15) is 4.98 Å². The van der Waals surface area contributed by atoms with Crippen LogP contribution in [0, 0.1) is 0 Å². The van der Waals surface area contributed by atoms with Gasteiger partial charge in [0.1, 0.15) is 23.0 Å². The van der Waals surface area contributed by atoms with Gasteiger partial charge >= 0.3 is 5.69 Å². The number of benzene rings is 1. The molecule has 0 bridgehead atoms. The number of fused-ring (bicyclic) bond motifs is 1. The van der Waals surface area contributed by atoms with E-state index in [2.05, 4.69) is 23.5 Å². The summed E-state index contributed by atoms with van der Waals surface area (Å²) < 4.78 is 1.52. The predicted octanol–water partition coefficient (Wildman–Crippen LogP) is 4.91. The molecule has 1 saturated heterocycles. The van der Waals surface area contributed by atoms with Crippen LogP contribution in [0.2, 0.25) is 10.0 Å². The van der Waals surface area contributed by atoms with Crippen LogP contribution in [0.5, 0.6) is 0 Å². The molecule has 0 saturated carbocycles. The van der Waals surface area contributed by atoms with Crippen molar-refractivity contribution in [1.82, 2.24) is 24.4 Å². The van der Waals surface area contributed by atoms with Gasteiger partial charge in [0.05, 0.1) is 21.1 Å². The summed E-state index contributed by atoms with van der Waals surface area (Å²) in [4.78, 5) is 43.7. The zero-order valence-corrected chi connectivity index (χ0v) is 23.8. The highest BCUT2D eigenvalue weighted by molar-refractivity contribution is 6.36. The fourth-order valence-corrected chi connectivity index (χ4v) is 5.58. The molecule has 206 valence electrons. The number of amides is 1. The molecule has 11 heteroatoms. The smallest absolute Gasteiger partial charge is 0.355 e. The minimum Gasteiger partial charge on any atom is -0.384 e. The monoisotopic (exact) mass is 577 g/mol. The molecule has 0 unspecified atom stereocenters. The second kappa shape index (κ2) is 11.3. The van der Waals surface area contributed by atoms with Crippen molar-refractivity contribution in [3.8, 4) is 17.1 Å². The first-order valence-corrected chi connectivity index (χ1v) is 13.8. The lowest BCUT2D eigenvalue weighted by atomic mass is 10.1. The maximum Gasteiger partial charge on any atom is 0.355 e.